The summed E-state index contributed by atoms with van der Waals surface area (Å²) >= 11 is 0. The van der Waals surface area contributed by atoms with E-state index >= 15 is 0 Å². The molecule has 1 fully saturated rings. The summed E-state index contributed by atoms with van der Waals surface area (Å²) in [6, 6.07) is 8.48. The number of nitrogens with one attached hydrogen (secondary N) is 1. The maximum absolute atomic E-state index is 11.9. The van der Waals surface area contributed by atoms with E-state index in [9.17, 15) is 4.79 Å². The monoisotopic (exact) mass is 526 g/mol. The van der Waals surface area contributed by atoms with Gasteiger partial charge in [0.1, 0.15) is 0 Å². The number of imidazole rings is 1. The highest BCUT2D eigenvalue weighted by atomic mass is 127. The van der Waals surface area contributed by atoms with Crippen LogP contribution in [0, 0.1) is 0 Å². The van der Waals surface area contributed by atoms with Gasteiger partial charge < -0.3 is 24.4 Å². The zero-order chi connectivity index (χ0) is 20.5. The Morgan fingerprint density at radius 2 is 1.90 bits per heavy atom. The zero-order valence-corrected chi connectivity index (χ0v) is 20.0. The molecule has 1 aliphatic heterocycles. The lowest BCUT2D eigenvalue weighted by molar-refractivity contribution is 0.0914. The third-order valence-electron chi connectivity index (χ3n) is 4.77. The lowest BCUT2D eigenvalue weighted by Gasteiger charge is -2.35. The maximum Gasteiger partial charge on any atom is 0.409 e. The van der Waals surface area contributed by atoms with Crippen LogP contribution in [-0.4, -0.2) is 70.7 Å². The molecule has 0 aliphatic carbocycles. The summed E-state index contributed by atoms with van der Waals surface area (Å²) in [7, 11) is 0. The topological polar surface area (TPSA) is 75.0 Å². The molecule has 0 spiro atoms. The van der Waals surface area contributed by atoms with Crippen LogP contribution in [0.25, 0.3) is 0 Å². The summed E-state index contributed by atoms with van der Waals surface area (Å²) in [6.45, 7) is 9.28. The number of nitrogens with zero attached hydrogens (tertiary/aromatic N) is 5. The number of rotatable bonds is 6. The molecule has 1 aliphatic rings. The van der Waals surface area contributed by atoms with E-state index in [2.05, 4.69) is 51.0 Å². The molecular weight excluding hydrogens is 495 g/mol. The van der Waals surface area contributed by atoms with Crippen molar-refractivity contribution < 1.29 is 9.53 Å². The average Bonchev–Trinajstić information content (AvgIpc) is 3.25. The van der Waals surface area contributed by atoms with Crippen LogP contribution < -0.4 is 5.32 Å². The summed E-state index contributed by atoms with van der Waals surface area (Å²) in [5.74, 6) is 0.885. The Hall–Kier alpha value is -2.30. The number of hydrogen-bond donors (Lipinski definition) is 1. The molecule has 0 saturated carbocycles. The third kappa shape index (κ3) is 6.89. The summed E-state index contributed by atoms with van der Waals surface area (Å²) in [6.07, 6.45) is 5.34. The van der Waals surface area contributed by atoms with Crippen molar-refractivity contribution in [2.75, 3.05) is 39.3 Å². The summed E-state index contributed by atoms with van der Waals surface area (Å²) < 4.78 is 7.15. The first-order chi connectivity index (χ1) is 14.2. The molecule has 1 saturated heterocycles. The largest absolute Gasteiger partial charge is 0.450 e. The molecule has 0 radical (unpaired) electrons. The molecular formula is C21H31IN6O2. The average molecular weight is 526 g/mol. The molecule has 0 bridgehead atoms. The van der Waals surface area contributed by atoms with Crippen molar-refractivity contribution in [3.63, 3.8) is 0 Å². The van der Waals surface area contributed by atoms with E-state index in [1.807, 2.05) is 19.4 Å². The van der Waals surface area contributed by atoms with Crippen LogP contribution >= 0.6 is 24.0 Å². The second-order valence-corrected chi connectivity index (χ2v) is 6.90. The van der Waals surface area contributed by atoms with E-state index < -0.39 is 0 Å². The van der Waals surface area contributed by atoms with Crippen LogP contribution in [0.3, 0.4) is 0 Å². The fourth-order valence-electron chi connectivity index (χ4n) is 3.33. The molecule has 1 N–H and O–H groups in total. The number of guanidine groups is 1. The number of amides is 1. The molecule has 1 aromatic heterocycles. The van der Waals surface area contributed by atoms with Gasteiger partial charge >= 0.3 is 6.09 Å². The van der Waals surface area contributed by atoms with Crippen molar-refractivity contribution in [1.82, 2.24) is 24.7 Å². The first-order valence-corrected chi connectivity index (χ1v) is 10.2. The van der Waals surface area contributed by atoms with Crippen molar-refractivity contribution in [1.29, 1.82) is 0 Å². The first kappa shape index (κ1) is 24.0. The van der Waals surface area contributed by atoms with Crippen molar-refractivity contribution in [3.8, 4) is 0 Å². The van der Waals surface area contributed by atoms with Crippen LogP contribution in [0.4, 0.5) is 4.79 Å². The van der Waals surface area contributed by atoms with Gasteiger partial charge in [0.05, 0.1) is 19.5 Å². The standard InChI is InChI=1S/C21H30N6O2.HI/c1-3-23-20(26-10-12-27(13-11-26)21(28)29-4-2)24-15-18-6-5-7-19(14-18)16-25-9-8-22-17-25;/h5-9,14,17H,3-4,10-13,15-16H2,1-2H3,(H,23,24);1H. The van der Waals surface area contributed by atoms with Gasteiger partial charge in [-0.2, -0.15) is 0 Å². The Kier molecular flexibility index (Phi) is 9.92. The SMILES string of the molecule is CCNC(=NCc1cccc(Cn2ccnc2)c1)N1CCN(C(=O)OCC)CC1.I. The van der Waals surface area contributed by atoms with Gasteiger partial charge in [-0.1, -0.05) is 24.3 Å². The van der Waals surface area contributed by atoms with Gasteiger partial charge in [0.25, 0.3) is 0 Å². The van der Waals surface area contributed by atoms with Crippen molar-refractivity contribution in [3.05, 3.63) is 54.1 Å². The molecule has 0 unspecified atom stereocenters. The third-order valence-corrected chi connectivity index (χ3v) is 4.77. The van der Waals surface area contributed by atoms with Crippen LogP contribution in [0.15, 0.2) is 48.0 Å². The second-order valence-electron chi connectivity index (χ2n) is 6.90. The minimum absolute atomic E-state index is 0. The Labute approximate surface area is 195 Å². The molecule has 1 amide bonds. The number of carbonyl (C=O) groups is 1. The number of aromatic nitrogens is 2. The predicted molar refractivity (Wildman–Crippen MR) is 128 cm³/mol. The van der Waals surface area contributed by atoms with Gasteiger partial charge in [-0.25, -0.2) is 14.8 Å². The van der Waals surface area contributed by atoms with Gasteiger partial charge in [-0.05, 0) is 25.0 Å². The van der Waals surface area contributed by atoms with Gasteiger partial charge in [0.2, 0.25) is 0 Å². The lowest BCUT2D eigenvalue weighted by atomic mass is 10.1. The van der Waals surface area contributed by atoms with Gasteiger partial charge in [-0.3, -0.25) is 0 Å². The van der Waals surface area contributed by atoms with Gasteiger partial charge in [0.15, 0.2) is 5.96 Å². The minimum atomic E-state index is -0.233. The van der Waals surface area contributed by atoms with E-state index in [1.165, 1.54) is 11.1 Å². The highest BCUT2D eigenvalue weighted by Gasteiger charge is 2.23. The van der Waals surface area contributed by atoms with E-state index in [-0.39, 0.29) is 30.1 Å². The Bertz CT molecular complexity index is 804. The molecule has 8 nitrogen and oxygen atoms in total. The summed E-state index contributed by atoms with van der Waals surface area (Å²) in [4.78, 5) is 24.8. The Balaban J connectivity index is 0.00000320. The van der Waals surface area contributed by atoms with Crippen molar-refractivity contribution in [2.45, 2.75) is 26.9 Å². The normalized spacial score (nSPS) is 14.3. The van der Waals surface area contributed by atoms with Crippen LogP contribution in [-0.2, 0) is 17.8 Å². The van der Waals surface area contributed by atoms with Gasteiger partial charge in [-0.15, -0.1) is 24.0 Å². The number of halogens is 1. The highest BCUT2D eigenvalue weighted by molar-refractivity contribution is 14.0. The maximum atomic E-state index is 11.9. The van der Waals surface area contributed by atoms with Crippen LogP contribution in [0.1, 0.15) is 25.0 Å². The van der Waals surface area contributed by atoms with Gasteiger partial charge in [0, 0.05) is 51.7 Å². The number of piperazine rings is 1. The van der Waals surface area contributed by atoms with E-state index in [0.29, 0.717) is 26.2 Å². The molecule has 0 atom stereocenters. The fourth-order valence-corrected chi connectivity index (χ4v) is 3.33. The molecule has 9 heteroatoms. The molecule has 164 valence electrons. The van der Waals surface area contributed by atoms with E-state index in [1.54, 1.807) is 11.1 Å². The number of benzene rings is 1. The number of aliphatic imine (C=N–C) groups is 1. The minimum Gasteiger partial charge on any atom is -0.450 e. The fraction of sp³-hybridized carbons (Fsp3) is 0.476. The molecule has 2 heterocycles. The number of carbonyl (C=O) groups excluding carboxylic acids is 1. The Morgan fingerprint density at radius 3 is 2.57 bits per heavy atom. The van der Waals surface area contributed by atoms with E-state index in [4.69, 9.17) is 9.73 Å². The predicted octanol–water partition coefficient (Wildman–Crippen LogP) is 2.79. The van der Waals surface area contributed by atoms with E-state index in [0.717, 1.165) is 32.1 Å². The molecule has 3 rings (SSSR count). The number of ether oxygens (including phenoxy) is 1. The van der Waals surface area contributed by atoms with Crippen molar-refractivity contribution >= 4 is 36.0 Å². The van der Waals surface area contributed by atoms with Crippen LogP contribution in [0.5, 0.6) is 0 Å². The molecule has 30 heavy (non-hydrogen) atoms. The molecule has 2 aromatic rings. The Morgan fingerprint density at radius 1 is 1.17 bits per heavy atom. The zero-order valence-electron chi connectivity index (χ0n) is 17.7. The second kappa shape index (κ2) is 12.4. The quantitative estimate of drug-likeness (QED) is 0.356. The van der Waals surface area contributed by atoms with Crippen LogP contribution in [0.2, 0.25) is 0 Å². The lowest BCUT2D eigenvalue weighted by Crippen LogP contribution is -2.53. The summed E-state index contributed by atoms with van der Waals surface area (Å²) in [5, 5.41) is 3.37. The summed E-state index contributed by atoms with van der Waals surface area (Å²) in [5.41, 5.74) is 2.40. The first-order valence-electron chi connectivity index (χ1n) is 10.2. The highest BCUT2D eigenvalue weighted by Crippen LogP contribution is 2.10. The molecule has 1 aromatic carbocycles. The number of hydrogen-bond acceptors (Lipinski definition) is 4. The van der Waals surface area contributed by atoms with Crippen molar-refractivity contribution in [2.24, 2.45) is 4.99 Å². The smallest absolute Gasteiger partial charge is 0.409 e.